The van der Waals surface area contributed by atoms with Crippen molar-refractivity contribution in [3.63, 3.8) is 0 Å². The molecular weight excluding hydrogens is 310 g/mol. The summed E-state index contributed by atoms with van der Waals surface area (Å²) in [5.41, 5.74) is 7.98. The Kier molecular flexibility index (Phi) is 4.84. The van der Waals surface area contributed by atoms with Gasteiger partial charge in [-0.3, -0.25) is 9.69 Å². The number of halogens is 1. The fraction of sp³-hybridized carbons (Fsp3) is 0.278. The second-order valence-corrected chi connectivity index (χ2v) is 6.33. The molecule has 0 saturated carbocycles. The number of nitrogens with one attached hydrogen (secondary N) is 1. The van der Waals surface area contributed by atoms with E-state index in [9.17, 15) is 4.79 Å². The normalized spacial score (nSPS) is 18.0. The van der Waals surface area contributed by atoms with Crippen molar-refractivity contribution in [3.8, 4) is 0 Å². The van der Waals surface area contributed by atoms with Gasteiger partial charge in [-0.2, -0.15) is 0 Å². The fourth-order valence-electron chi connectivity index (χ4n) is 2.91. The quantitative estimate of drug-likeness (QED) is 0.848. The van der Waals surface area contributed by atoms with Gasteiger partial charge in [0.2, 0.25) is 0 Å². The third-order valence-electron chi connectivity index (χ3n) is 4.09. The van der Waals surface area contributed by atoms with Crippen LogP contribution in [-0.4, -0.2) is 29.9 Å². The topological polar surface area (TPSA) is 58.4 Å². The van der Waals surface area contributed by atoms with Crippen LogP contribution in [0.25, 0.3) is 0 Å². The zero-order valence-electron chi connectivity index (χ0n) is 12.8. The Morgan fingerprint density at radius 1 is 1.26 bits per heavy atom. The number of carbonyl (C=O) groups is 1. The van der Waals surface area contributed by atoms with Crippen LogP contribution in [-0.2, 0) is 6.54 Å². The first-order valence-corrected chi connectivity index (χ1v) is 8.12. The summed E-state index contributed by atoms with van der Waals surface area (Å²) in [6, 6.07) is 15.5. The highest BCUT2D eigenvalue weighted by atomic mass is 35.5. The third kappa shape index (κ3) is 4.03. The maximum absolute atomic E-state index is 12.3. The first-order chi connectivity index (χ1) is 11.1. The molecule has 0 radical (unpaired) electrons. The lowest BCUT2D eigenvalue weighted by molar-refractivity contribution is 0.0938. The van der Waals surface area contributed by atoms with Crippen molar-refractivity contribution in [1.82, 2.24) is 10.2 Å². The third-order valence-corrected chi connectivity index (χ3v) is 4.41. The summed E-state index contributed by atoms with van der Waals surface area (Å²) >= 11 is 6.09. The molecule has 3 rings (SSSR count). The number of hydrogen-bond acceptors (Lipinski definition) is 3. The molecule has 23 heavy (non-hydrogen) atoms. The summed E-state index contributed by atoms with van der Waals surface area (Å²) in [6.45, 7) is 2.75. The van der Waals surface area contributed by atoms with E-state index in [1.165, 1.54) is 5.56 Å². The molecule has 1 atom stereocenters. The molecule has 2 aromatic rings. The Hall–Kier alpha value is -2.04. The molecule has 0 aliphatic carbocycles. The molecule has 5 heteroatoms. The molecule has 4 nitrogen and oxygen atoms in total. The lowest BCUT2D eigenvalue weighted by atomic mass is 10.1. The van der Waals surface area contributed by atoms with Crippen molar-refractivity contribution in [2.45, 2.75) is 19.0 Å². The van der Waals surface area contributed by atoms with Crippen LogP contribution in [0.5, 0.6) is 0 Å². The summed E-state index contributed by atoms with van der Waals surface area (Å²) in [4.78, 5) is 14.7. The van der Waals surface area contributed by atoms with Crippen LogP contribution in [0.1, 0.15) is 22.3 Å². The number of anilines is 1. The van der Waals surface area contributed by atoms with Crippen molar-refractivity contribution in [1.29, 1.82) is 0 Å². The summed E-state index contributed by atoms with van der Waals surface area (Å²) in [5, 5.41) is 3.46. The lowest BCUT2D eigenvalue weighted by Crippen LogP contribution is -2.37. The number of benzene rings is 2. The van der Waals surface area contributed by atoms with Gasteiger partial charge in [0.15, 0.2) is 0 Å². The van der Waals surface area contributed by atoms with Crippen LogP contribution in [0, 0.1) is 0 Å². The minimum atomic E-state index is -0.137. The molecule has 1 unspecified atom stereocenters. The van der Waals surface area contributed by atoms with E-state index < -0.39 is 0 Å². The number of carbonyl (C=O) groups excluding carboxylic acids is 1. The van der Waals surface area contributed by atoms with Gasteiger partial charge in [-0.05, 0) is 30.2 Å². The Morgan fingerprint density at radius 2 is 2.04 bits per heavy atom. The van der Waals surface area contributed by atoms with Crippen LogP contribution in [0.4, 0.5) is 5.69 Å². The van der Waals surface area contributed by atoms with Gasteiger partial charge in [-0.25, -0.2) is 0 Å². The molecular formula is C18H20ClN3O. The van der Waals surface area contributed by atoms with Gasteiger partial charge >= 0.3 is 0 Å². The van der Waals surface area contributed by atoms with E-state index in [-0.39, 0.29) is 11.9 Å². The van der Waals surface area contributed by atoms with Crippen LogP contribution in [0.15, 0.2) is 48.5 Å². The predicted molar refractivity (Wildman–Crippen MR) is 93.5 cm³/mol. The average Bonchev–Trinajstić information content (AvgIpc) is 2.95. The molecule has 0 spiro atoms. The highest BCUT2D eigenvalue weighted by Gasteiger charge is 2.24. The van der Waals surface area contributed by atoms with Gasteiger partial charge in [-0.15, -0.1) is 0 Å². The standard InChI is InChI=1S/C18H20ClN3O/c19-17-10-14(20)6-7-16(17)18(23)21-15-8-9-22(12-15)11-13-4-2-1-3-5-13/h1-7,10,15H,8-9,11-12,20H2,(H,21,23). The number of amides is 1. The number of hydrogen-bond donors (Lipinski definition) is 2. The van der Waals surface area contributed by atoms with Crippen molar-refractivity contribution in [2.75, 3.05) is 18.8 Å². The van der Waals surface area contributed by atoms with Gasteiger partial charge in [0.25, 0.3) is 5.91 Å². The SMILES string of the molecule is Nc1ccc(C(=O)NC2CCN(Cc3ccccc3)C2)c(Cl)c1. The van der Waals surface area contributed by atoms with Gasteiger partial charge in [0, 0.05) is 31.4 Å². The van der Waals surface area contributed by atoms with Crippen molar-refractivity contribution < 1.29 is 4.79 Å². The minimum absolute atomic E-state index is 0.137. The van der Waals surface area contributed by atoms with E-state index in [1.54, 1.807) is 18.2 Å². The highest BCUT2D eigenvalue weighted by Crippen LogP contribution is 2.20. The van der Waals surface area contributed by atoms with Crippen molar-refractivity contribution in [3.05, 3.63) is 64.7 Å². The Bertz CT molecular complexity index is 690. The molecule has 1 aliphatic rings. The lowest BCUT2D eigenvalue weighted by Gasteiger charge is -2.17. The van der Waals surface area contributed by atoms with E-state index in [4.69, 9.17) is 17.3 Å². The number of rotatable bonds is 4. The Balaban J connectivity index is 1.56. The number of likely N-dealkylation sites (tertiary alicyclic amines) is 1. The molecule has 2 aromatic carbocycles. The summed E-state index contributed by atoms with van der Waals surface area (Å²) in [7, 11) is 0. The monoisotopic (exact) mass is 329 g/mol. The predicted octanol–water partition coefficient (Wildman–Crippen LogP) is 2.93. The molecule has 3 N–H and O–H groups in total. The number of nitrogens with two attached hydrogens (primary N) is 1. The van der Waals surface area contributed by atoms with E-state index in [2.05, 4.69) is 22.3 Å². The summed E-state index contributed by atoms with van der Waals surface area (Å²) in [6.07, 6.45) is 0.950. The highest BCUT2D eigenvalue weighted by molar-refractivity contribution is 6.34. The molecule has 0 bridgehead atoms. The molecule has 1 fully saturated rings. The largest absolute Gasteiger partial charge is 0.399 e. The zero-order valence-corrected chi connectivity index (χ0v) is 13.6. The first-order valence-electron chi connectivity index (χ1n) is 7.74. The van der Waals surface area contributed by atoms with Crippen LogP contribution < -0.4 is 11.1 Å². The summed E-state index contributed by atoms with van der Waals surface area (Å²) < 4.78 is 0. The van der Waals surface area contributed by atoms with Crippen molar-refractivity contribution >= 4 is 23.2 Å². The molecule has 1 aliphatic heterocycles. The number of nitrogens with zero attached hydrogens (tertiary/aromatic N) is 1. The molecule has 0 aromatic heterocycles. The Labute approximate surface area is 141 Å². The fourth-order valence-corrected chi connectivity index (χ4v) is 3.19. The summed E-state index contributed by atoms with van der Waals surface area (Å²) in [5.74, 6) is -0.137. The zero-order chi connectivity index (χ0) is 16.2. The minimum Gasteiger partial charge on any atom is -0.399 e. The molecule has 1 heterocycles. The molecule has 1 amide bonds. The van der Waals surface area contributed by atoms with E-state index >= 15 is 0 Å². The first kappa shape index (κ1) is 15.8. The second kappa shape index (κ2) is 7.02. The van der Waals surface area contributed by atoms with Crippen molar-refractivity contribution in [2.24, 2.45) is 0 Å². The smallest absolute Gasteiger partial charge is 0.253 e. The van der Waals surface area contributed by atoms with Crippen LogP contribution in [0.2, 0.25) is 5.02 Å². The van der Waals surface area contributed by atoms with Gasteiger partial charge < -0.3 is 11.1 Å². The van der Waals surface area contributed by atoms with Crippen LogP contribution >= 0.6 is 11.6 Å². The van der Waals surface area contributed by atoms with E-state index in [0.717, 1.165) is 26.1 Å². The average molecular weight is 330 g/mol. The maximum atomic E-state index is 12.3. The van der Waals surface area contributed by atoms with Gasteiger partial charge in [0.1, 0.15) is 0 Å². The second-order valence-electron chi connectivity index (χ2n) is 5.92. The van der Waals surface area contributed by atoms with Gasteiger partial charge in [-0.1, -0.05) is 41.9 Å². The Morgan fingerprint density at radius 3 is 2.78 bits per heavy atom. The van der Waals surface area contributed by atoms with E-state index in [1.807, 2.05) is 18.2 Å². The van der Waals surface area contributed by atoms with Gasteiger partial charge in [0.05, 0.1) is 10.6 Å². The van der Waals surface area contributed by atoms with E-state index in [0.29, 0.717) is 16.3 Å². The number of nitrogen functional groups attached to an aromatic ring is 1. The van der Waals surface area contributed by atoms with Crippen LogP contribution in [0.3, 0.4) is 0 Å². The maximum Gasteiger partial charge on any atom is 0.253 e. The molecule has 120 valence electrons. The molecule has 1 saturated heterocycles.